The Balaban J connectivity index is 4.52. The van der Waals surface area contributed by atoms with Gasteiger partial charge in [-0.2, -0.15) is 0 Å². The molecule has 0 aromatic rings. The predicted octanol–water partition coefficient (Wildman–Crippen LogP) is 2.38. The van der Waals surface area contributed by atoms with Crippen LogP contribution in [0.15, 0.2) is 12.2 Å². The second-order valence-corrected chi connectivity index (χ2v) is 3.48. The molecule has 0 saturated heterocycles. The van der Waals surface area contributed by atoms with Crippen LogP contribution in [0.25, 0.3) is 0 Å². The van der Waals surface area contributed by atoms with E-state index in [0.717, 1.165) is 6.42 Å². The molecule has 0 N–H and O–H groups in total. The average molecular weight is 182 g/mol. The van der Waals surface area contributed by atoms with Gasteiger partial charge in [0, 0.05) is 5.92 Å². The molecule has 0 aromatic heterocycles. The van der Waals surface area contributed by atoms with E-state index in [1.807, 2.05) is 26.8 Å². The molecular weight excluding hydrogens is 164 g/mol. The summed E-state index contributed by atoms with van der Waals surface area (Å²) < 4.78 is 0. The fourth-order valence-corrected chi connectivity index (χ4v) is 1.06. The van der Waals surface area contributed by atoms with Crippen molar-refractivity contribution < 1.29 is 9.59 Å². The molecule has 0 amide bonds. The van der Waals surface area contributed by atoms with Crippen LogP contribution in [0.3, 0.4) is 0 Å². The number of carbonyl (C=O) groups is 2. The second kappa shape index (κ2) is 5.68. The first-order chi connectivity index (χ1) is 6.00. The van der Waals surface area contributed by atoms with Crippen LogP contribution in [-0.2, 0) is 9.59 Å². The zero-order valence-corrected chi connectivity index (χ0v) is 8.83. The van der Waals surface area contributed by atoms with Gasteiger partial charge in [0.2, 0.25) is 0 Å². The molecule has 0 saturated carbocycles. The number of allylic oxidation sites excluding steroid dienone is 2. The van der Waals surface area contributed by atoms with Gasteiger partial charge in [0.15, 0.2) is 0 Å². The minimum atomic E-state index is -0.528. The Morgan fingerprint density at radius 2 is 1.85 bits per heavy atom. The largest absolute Gasteiger partial charge is 0.299 e. The SMILES string of the molecule is CCC=CC(C(C)=O)C(=O)C(C)C. The third-order valence-electron chi connectivity index (χ3n) is 1.88. The maximum atomic E-state index is 11.5. The van der Waals surface area contributed by atoms with Gasteiger partial charge in [-0.25, -0.2) is 0 Å². The summed E-state index contributed by atoms with van der Waals surface area (Å²) in [7, 11) is 0. The smallest absolute Gasteiger partial charge is 0.149 e. The molecule has 0 bridgehead atoms. The minimum Gasteiger partial charge on any atom is -0.299 e. The standard InChI is InChI=1S/C11H18O2/c1-5-6-7-10(9(4)12)11(13)8(2)3/h6-8,10H,5H2,1-4H3. The molecule has 1 atom stereocenters. The molecule has 0 radical (unpaired) electrons. The van der Waals surface area contributed by atoms with Crippen molar-refractivity contribution >= 4 is 11.6 Å². The van der Waals surface area contributed by atoms with Crippen LogP contribution < -0.4 is 0 Å². The maximum Gasteiger partial charge on any atom is 0.149 e. The van der Waals surface area contributed by atoms with E-state index >= 15 is 0 Å². The van der Waals surface area contributed by atoms with Crippen molar-refractivity contribution in [2.75, 3.05) is 0 Å². The lowest BCUT2D eigenvalue weighted by Gasteiger charge is -2.10. The van der Waals surface area contributed by atoms with Crippen molar-refractivity contribution in [2.24, 2.45) is 11.8 Å². The monoisotopic (exact) mass is 182 g/mol. The van der Waals surface area contributed by atoms with Crippen molar-refractivity contribution in [1.29, 1.82) is 0 Å². The van der Waals surface area contributed by atoms with Gasteiger partial charge in [-0.05, 0) is 13.3 Å². The van der Waals surface area contributed by atoms with E-state index in [1.54, 1.807) is 6.08 Å². The highest BCUT2D eigenvalue weighted by atomic mass is 16.1. The van der Waals surface area contributed by atoms with Crippen molar-refractivity contribution in [3.8, 4) is 0 Å². The van der Waals surface area contributed by atoms with Crippen LogP contribution in [0.5, 0.6) is 0 Å². The predicted molar refractivity (Wildman–Crippen MR) is 53.4 cm³/mol. The van der Waals surface area contributed by atoms with E-state index in [1.165, 1.54) is 6.92 Å². The molecule has 0 aromatic carbocycles. The molecule has 2 heteroatoms. The fraction of sp³-hybridized carbons (Fsp3) is 0.636. The maximum absolute atomic E-state index is 11.5. The van der Waals surface area contributed by atoms with Crippen LogP contribution in [0.2, 0.25) is 0 Å². The molecule has 13 heavy (non-hydrogen) atoms. The van der Waals surface area contributed by atoms with Crippen molar-refractivity contribution in [2.45, 2.75) is 34.1 Å². The van der Waals surface area contributed by atoms with Gasteiger partial charge in [-0.1, -0.05) is 32.9 Å². The second-order valence-electron chi connectivity index (χ2n) is 3.48. The van der Waals surface area contributed by atoms with Gasteiger partial charge in [0.05, 0.1) is 5.92 Å². The average Bonchev–Trinajstić information content (AvgIpc) is 2.04. The van der Waals surface area contributed by atoms with Gasteiger partial charge in [0.1, 0.15) is 11.6 Å². The van der Waals surface area contributed by atoms with Crippen molar-refractivity contribution in [3.05, 3.63) is 12.2 Å². The molecule has 0 rings (SSSR count). The lowest BCUT2D eigenvalue weighted by atomic mass is 9.92. The summed E-state index contributed by atoms with van der Waals surface area (Å²) in [6.45, 7) is 7.08. The summed E-state index contributed by atoms with van der Waals surface area (Å²) in [5.74, 6) is -0.657. The molecule has 74 valence electrons. The zero-order chi connectivity index (χ0) is 10.4. The molecular formula is C11H18O2. The van der Waals surface area contributed by atoms with Crippen molar-refractivity contribution in [1.82, 2.24) is 0 Å². The summed E-state index contributed by atoms with van der Waals surface area (Å²) in [6.07, 6.45) is 4.44. The highest BCUT2D eigenvalue weighted by Crippen LogP contribution is 2.10. The summed E-state index contributed by atoms with van der Waals surface area (Å²) in [5.41, 5.74) is 0. The van der Waals surface area contributed by atoms with Gasteiger partial charge >= 0.3 is 0 Å². The van der Waals surface area contributed by atoms with E-state index in [0.29, 0.717) is 0 Å². The summed E-state index contributed by atoms with van der Waals surface area (Å²) in [6, 6.07) is 0. The zero-order valence-electron chi connectivity index (χ0n) is 8.83. The number of Topliss-reactive ketones (excluding diaryl/α,β-unsaturated/α-hetero) is 2. The molecule has 0 aliphatic heterocycles. The Morgan fingerprint density at radius 1 is 1.31 bits per heavy atom. The van der Waals surface area contributed by atoms with Crippen LogP contribution >= 0.6 is 0 Å². The van der Waals surface area contributed by atoms with E-state index < -0.39 is 5.92 Å². The Bertz CT molecular complexity index is 214. The van der Waals surface area contributed by atoms with Crippen LogP contribution in [0.4, 0.5) is 0 Å². The normalized spacial score (nSPS) is 13.6. The van der Waals surface area contributed by atoms with E-state index in [-0.39, 0.29) is 17.5 Å². The van der Waals surface area contributed by atoms with E-state index in [2.05, 4.69) is 0 Å². The number of hydrogen-bond donors (Lipinski definition) is 0. The number of carbonyl (C=O) groups excluding carboxylic acids is 2. The lowest BCUT2D eigenvalue weighted by Crippen LogP contribution is -2.24. The summed E-state index contributed by atoms with van der Waals surface area (Å²) in [5, 5.41) is 0. The molecule has 0 aliphatic carbocycles. The minimum absolute atomic E-state index is 0.0113. The number of rotatable bonds is 5. The van der Waals surface area contributed by atoms with Gasteiger partial charge in [-0.15, -0.1) is 0 Å². The quantitative estimate of drug-likeness (QED) is 0.483. The molecule has 0 spiro atoms. The van der Waals surface area contributed by atoms with Crippen LogP contribution in [-0.4, -0.2) is 11.6 Å². The third-order valence-corrected chi connectivity index (χ3v) is 1.88. The third kappa shape index (κ3) is 4.02. The van der Waals surface area contributed by atoms with Crippen LogP contribution in [0.1, 0.15) is 34.1 Å². The molecule has 0 fully saturated rings. The van der Waals surface area contributed by atoms with Gasteiger partial charge in [-0.3, -0.25) is 9.59 Å². The van der Waals surface area contributed by atoms with E-state index in [9.17, 15) is 9.59 Å². The topological polar surface area (TPSA) is 34.1 Å². The summed E-state index contributed by atoms with van der Waals surface area (Å²) >= 11 is 0. The fourth-order valence-electron chi connectivity index (χ4n) is 1.06. The molecule has 1 unspecified atom stereocenters. The molecule has 0 aliphatic rings. The molecule has 0 heterocycles. The number of ketones is 2. The number of hydrogen-bond acceptors (Lipinski definition) is 2. The van der Waals surface area contributed by atoms with Gasteiger partial charge < -0.3 is 0 Å². The van der Waals surface area contributed by atoms with Gasteiger partial charge in [0.25, 0.3) is 0 Å². The van der Waals surface area contributed by atoms with Crippen LogP contribution in [0, 0.1) is 11.8 Å². The first-order valence-corrected chi connectivity index (χ1v) is 4.71. The lowest BCUT2D eigenvalue weighted by molar-refractivity contribution is -0.131. The highest BCUT2D eigenvalue weighted by molar-refractivity contribution is 6.03. The first kappa shape index (κ1) is 12.1. The Kier molecular flexibility index (Phi) is 5.28. The Labute approximate surface area is 80.0 Å². The van der Waals surface area contributed by atoms with E-state index in [4.69, 9.17) is 0 Å². The van der Waals surface area contributed by atoms with Crippen molar-refractivity contribution in [3.63, 3.8) is 0 Å². The first-order valence-electron chi connectivity index (χ1n) is 4.71. The Hall–Kier alpha value is -0.920. The summed E-state index contributed by atoms with van der Waals surface area (Å²) in [4.78, 5) is 22.6. The molecule has 2 nitrogen and oxygen atoms in total. The highest BCUT2D eigenvalue weighted by Gasteiger charge is 2.22. The Morgan fingerprint density at radius 3 is 2.15 bits per heavy atom.